The minimum absolute atomic E-state index is 0.178. The van der Waals surface area contributed by atoms with Gasteiger partial charge >= 0.3 is 0 Å². The summed E-state index contributed by atoms with van der Waals surface area (Å²) in [6.45, 7) is 1.74. The van der Waals surface area contributed by atoms with Gasteiger partial charge in [0.15, 0.2) is 0 Å². The van der Waals surface area contributed by atoms with Crippen LogP contribution in [0.15, 0.2) is 58.6 Å². The Balaban J connectivity index is 2.39. The van der Waals surface area contributed by atoms with Crippen molar-refractivity contribution in [2.45, 2.75) is 11.8 Å². The van der Waals surface area contributed by atoms with E-state index in [1.807, 2.05) is 0 Å². The molecule has 0 fully saturated rings. The quantitative estimate of drug-likeness (QED) is 0.682. The highest BCUT2D eigenvalue weighted by atomic mass is 32.2. The molecule has 6 heteroatoms. The van der Waals surface area contributed by atoms with Gasteiger partial charge in [-0.3, -0.25) is 4.72 Å². The van der Waals surface area contributed by atoms with Gasteiger partial charge in [-0.05, 0) is 31.2 Å². The van der Waals surface area contributed by atoms with Gasteiger partial charge in [0.05, 0.1) is 16.3 Å². The Kier molecular flexibility index (Phi) is 4.59. The van der Waals surface area contributed by atoms with Gasteiger partial charge in [0, 0.05) is 5.56 Å². The highest BCUT2D eigenvalue weighted by molar-refractivity contribution is 7.92. The Morgan fingerprint density at radius 1 is 1.19 bits per heavy atom. The van der Waals surface area contributed by atoms with Crippen molar-refractivity contribution in [3.63, 3.8) is 0 Å². The van der Waals surface area contributed by atoms with E-state index in [9.17, 15) is 8.42 Å². The molecule has 1 radical (unpaired) electrons. The van der Waals surface area contributed by atoms with E-state index in [2.05, 4.69) is 15.9 Å². The van der Waals surface area contributed by atoms with E-state index >= 15 is 0 Å². The fraction of sp³-hybridized carbons (Fsp3) is 0.133. The summed E-state index contributed by atoms with van der Waals surface area (Å²) in [5, 5.41) is 3.84. The normalized spacial score (nSPS) is 12.0. The first kappa shape index (κ1) is 15.1. The molecule has 0 aliphatic carbocycles. The van der Waals surface area contributed by atoms with Crippen molar-refractivity contribution >= 4 is 21.4 Å². The average Bonchev–Trinajstić information content (AvgIpc) is 2.48. The van der Waals surface area contributed by atoms with Crippen molar-refractivity contribution < 1.29 is 13.3 Å². The molecule has 2 aromatic carbocycles. The summed E-state index contributed by atoms with van der Waals surface area (Å²) in [5.41, 5.74) is 1.69. The monoisotopic (exact) mass is 303 g/mol. The summed E-state index contributed by atoms with van der Waals surface area (Å²) >= 11 is 0. The standard InChI is InChI=1S/C15H15N2O3S/c1-12(16-20-2)14-10-6-7-11-15(14)17-21(18,19)13-8-4-3-5-9-13/h4-11,17H,1-2H3/b16-12-. The lowest BCUT2D eigenvalue weighted by Crippen LogP contribution is -2.15. The molecule has 2 aromatic rings. The van der Waals surface area contributed by atoms with Crippen LogP contribution in [0.25, 0.3) is 0 Å². The number of anilines is 1. The first-order valence-electron chi connectivity index (χ1n) is 6.20. The topological polar surface area (TPSA) is 67.8 Å². The van der Waals surface area contributed by atoms with Gasteiger partial charge in [-0.2, -0.15) is 0 Å². The summed E-state index contributed by atoms with van der Waals surface area (Å²) < 4.78 is 27.2. The summed E-state index contributed by atoms with van der Waals surface area (Å²) in [6, 6.07) is 15.9. The van der Waals surface area contributed by atoms with Crippen LogP contribution in [-0.2, 0) is 14.9 Å². The Morgan fingerprint density at radius 2 is 1.86 bits per heavy atom. The van der Waals surface area contributed by atoms with Crippen molar-refractivity contribution in [1.29, 1.82) is 0 Å². The molecule has 0 aliphatic heterocycles. The molecular weight excluding hydrogens is 288 g/mol. The van der Waals surface area contributed by atoms with E-state index in [4.69, 9.17) is 4.84 Å². The van der Waals surface area contributed by atoms with E-state index in [1.54, 1.807) is 43.3 Å². The first-order chi connectivity index (χ1) is 10.0. The molecule has 0 saturated heterocycles. The molecule has 0 unspecified atom stereocenters. The van der Waals surface area contributed by atoms with Gasteiger partial charge < -0.3 is 4.84 Å². The third-order valence-electron chi connectivity index (χ3n) is 2.79. The zero-order valence-corrected chi connectivity index (χ0v) is 12.5. The van der Waals surface area contributed by atoms with Gasteiger partial charge in [0.25, 0.3) is 10.0 Å². The number of sulfonamides is 1. The van der Waals surface area contributed by atoms with Crippen LogP contribution >= 0.6 is 0 Å². The van der Waals surface area contributed by atoms with Crippen LogP contribution in [0.4, 0.5) is 5.69 Å². The molecule has 0 atom stereocenters. The maximum absolute atomic E-state index is 12.3. The predicted molar refractivity (Wildman–Crippen MR) is 81.7 cm³/mol. The molecule has 0 bridgehead atoms. The molecule has 0 aliphatic rings. The number of benzene rings is 2. The number of hydrogen-bond acceptors (Lipinski definition) is 4. The summed E-state index contributed by atoms with van der Waals surface area (Å²) in [7, 11) is -2.21. The van der Waals surface area contributed by atoms with E-state index in [-0.39, 0.29) is 4.90 Å². The van der Waals surface area contributed by atoms with Crippen LogP contribution in [0.3, 0.4) is 0 Å². The lowest BCUT2D eigenvalue weighted by Gasteiger charge is -2.12. The molecule has 0 heterocycles. The van der Waals surface area contributed by atoms with Crippen LogP contribution < -0.4 is 4.72 Å². The molecule has 0 saturated carbocycles. The van der Waals surface area contributed by atoms with Crippen molar-refractivity contribution in [1.82, 2.24) is 0 Å². The van der Waals surface area contributed by atoms with Crippen molar-refractivity contribution in [3.05, 3.63) is 60.2 Å². The van der Waals surface area contributed by atoms with Gasteiger partial charge in [-0.15, -0.1) is 0 Å². The number of oxime groups is 1. The maximum Gasteiger partial charge on any atom is 0.261 e. The number of rotatable bonds is 5. The second kappa shape index (κ2) is 6.41. The van der Waals surface area contributed by atoms with Gasteiger partial charge in [0.2, 0.25) is 0 Å². The summed E-state index contributed by atoms with van der Waals surface area (Å²) in [6.07, 6.45) is 0. The zero-order chi connectivity index (χ0) is 15.3. The minimum Gasteiger partial charge on any atom is -0.399 e. The van der Waals surface area contributed by atoms with E-state index < -0.39 is 10.0 Å². The largest absolute Gasteiger partial charge is 0.399 e. The maximum atomic E-state index is 12.3. The fourth-order valence-corrected chi connectivity index (χ4v) is 2.91. The van der Waals surface area contributed by atoms with Crippen molar-refractivity contribution in [2.24, 2.45) is 5.16 Å². The van der Waals surface area contributed by atoms with Crippen LogP contribution in [0.2, 0.25) is 0 Å². The van der Waals surface area contributed by atoms with Crippen molar-refractivity contribution in [3.8, 4) is 0 Å². The number of hydrogen-bond donors (Lipinski definition) is 1. The van der Waals surface area contributed by atoms with E-state index in [0.29, 0.717) is 17.0 Å². The van der Waals surface area contributed by atoms with Crippen LogP contribution in [-0.4, -0.2) is 21.2 Å². The van der Waals surface area contributed by atoms with Gasteiger partial charge in [-0.25, -0.2) is 8.42 Å². The SMILES string of the molecule is CO/N=C(/C)c1ccccc1NS(=O)(=O)c1cc[c]cc1. The summed E-state index contributed by atoms with van der Waals surface area (Å²) in [4.78, 5) is 4.91. The predicted octanol–water partition coefficient (Wildman–Crippen LogP) is 2.66. The Hall–Kier alpha value is -2.34. The zero-order valence-electron chi connectivity index (χ0n) is 11.7. The van der Waals surface area contributed by atoms with E-state index in [0.717, 1.165) is 0 Å². The Morgan fingerprint density at radius 3 is 2.52 bits per heavy atom. The number of para-hydroxylation sites is 1. The Labute approximate surface area is 124 Å². The lowest BCUT2D eigenvalue weighted by atomic mass is 10.1. The Bertz CT molecular complexity index is 741. The fourth-order valence-electron chi connectivity index (χ4n) is 1.83. The van der Waals surface area contributed by atoms with Gasteiger partial charge in [0.1, 0.15) is 7.11 Å². The minimum atomic E-state index is -3.65. The molecule has 21 heavy (non-hydrogen) atoms. The van der Waals surface area contributed by atoms with Crippen LogP contribution in [0, 0.1) is 6.07 Å². The highest BCUT2D eigenvalue weighted by Gasteiger charge is 2.16. The van der Waals surface area contributed by atoms with Crippen LogP contribution in [0.5, 0.6) is 0 Å². The number of nitrogens with one attached hydrogen (secondary N) is 1. The third kappa shape index (κ3) is 3.61. The third-order valence-corrected chi connectivity index (χ3v) is 4.17. The molecule has 0 aromatic heterocycles. The molecule has 5 nitrogen and oxygen atoms in total. The molecule has 1 N–H and O–H groups in total. The molecule has 0 amide bonds. The first-order valence-corrected chi connectivity index (χ1v) is 7.69. The lowest BCUT2D eigenvalue weighted by molar-refractivity contribution is 0.213. The second-order valence-corrected chi connectivity index (χ2v) is 5.93. The molecular formula is C15H15N2O3S. The molecule has 109 valence electrons. The van der Waals surface area contributed by atoms with Crippen LogP contribution in [0.1, 0.15) is 12.5 Å². The average molecular weight is 303 g/mol. The molecule has 2 rings (SSSR count). The smallest absolute Gasteiger partial charge is 0.261 e. The van der Waals surface area contributed by atoms with E-state index in [1.165, 1.54) is 19.2 Å². The summed E-state index contributed by atoms with van der Waals surface area (Å²) in [5.74, 6) is 0. The van der Waals surface area contributed by atoms with Gasteiger partial charge in [-0.1, -0.05) is 35.5 Å². The second-order valence-electron chi connectivity index (χ2n) is 4.25. The molecule has 0 spiro atoms. The number of nitrogens with zero attached hydrogens (tertiary/aromatic N) is 1. The van der Waals surface area contributed by atoms with Crippen molar-refractivity contribution in [2.75, 3.05) is 11.8 Å². The highest BCUT2D eigenvalue weighted by Crippen LogP contribution is 2.20.